The number of unbranched alkanes of at least 4 members (excludes halogenated alkanes) is 3. The zero-order valence-electron chi connectivity index (χ0n) is 31.1. The molecule has 4 aliphatic heterocycles. The molecule has 5 bridgehead atoms. The Kier molecular flexibility index (Phi) is 12.1. The lowest BCUT2D eigenvalue weighted by Crippen LogP contribution is -2.60. The van der Waals surface area contributed by atoms with Gasteiger partial charge in [-0.15, -0.1) is 0 Å². The smallest absolute Gasteiger partial charge is 0.313 e. The summed E-state index contributed by atoms with van der Waals surface area (Å²) in [5.74, 6) is -3.33. The molecule has 5 rings (SSSR count). The first-order valence-corrected chi connectivity index (χ1v) is 18.5. The van der Waals surface area contributed by atoms with Crippen molar-refractivity contribution >= 4 is 23.7 Å². The molecule has 0 aromatic heterocycles. The molecule has 280 valence electrons. The van der Waals surface area contributed by atoms with Gasteiger partial charge in [0.25, 0.3) is 0 Å². The first kappa shape index (κ1) is 38.7. The number of allylic oxidation sites excluding steroid dienone is 1. The lowest BCUT2D eigenvalue weighted by atomic mass is 9.74. The standard InChI is InChI=1S/C40H57N3O8/c1-38(2,3)26-39(4,5)43-23-15-10-13-19-30(45)41-28(25-49-6)33(27-17-11-9-12-18-27)50-37(48)31-29-20-21-40(51-29)32(31)35(46)42(34(40)36(43)47)22-14-7-8-16-24-44/h9-12,15,17-18,20-21,28-29,31-34,44H,7-8,13-14,16,19,22-26H2,1-6H3,(H,41,45)/b15-10-/t28-,29+,31-,32-,33-,34+,40-/m0/s1. The molecule has 51 heavy (non-hydrogen) atoms. The third-order valence-corrected chi connectivity index (χ3v) is 10.6. The van der Waals surface area contributed by atoms with Crippen LogP contribution in [0.25, 0.3) is 0 Å². The number of esters is 1. The van der Waals surface area contributed by atoms with E-state index in [1.54, 1.807) is 11.0 Å². The Hall–Kier alpha value is -3.54. The van der Waals surface area contributed by atoms with Crippen LogP contribution >= 0.6 is 0 Å². The fourth-order valence-corrected chi connectivity index (χ4v) is 8.79. The van der Waals surface area contributed by atoms with Gasteiger partial charge in [0, 0.05) is 38.8 Å². The maximum absolute atomic E-state index is 15.2. The predicted octanol–water partition coefficient (Wildman–Crippen LogP) is 4.50. The topological polar surface area (TPSA) is 135 Å². The van der Waals surface area contributed by atoms with Crippen LogP contribution < -0.4 is 5.32 Å². The molecule has 4 aliphatic rings. The number of amides is 3. The minimum atomic E-state index is -1.34. The fraction of sp³-hybridized carbons (Fsp3) is 0.650. The van der Waals surface area contributed by atoms with E-state index in [4.69, 9.17) is 14.2 Å². The van der Waals surface area contributed by atoms with E-state index in [1.807, 2.05) is 67.3 Å². The van der Waals surface area contributed by atoms with Gasteiger partial charge in [-0.2, -0.15) is 0 Å². The lowest BCUT2D eigenvalue weighted by molar-refractivity contribution is -0.162. The quantitative estimate of drug-likeness (QED) is 0.195. The number of aliphatic hydroxyl groups is 1. The van der Waals surface area contributed by atoms with E-state index < -0.39 is 53.2 Å². The molecule has 0 aliphatic carbocycles. The summed E-state index contributed by atoms with van der Waals surface area (Å²) < 4.78 is 18.5. The van der Waals surface area contributed by atoms with Crippen LogP contribution in [-0.4, -0.2) is 101 Å². The molecule has 4 heterocycles. The van der Waals surface area contributed by atoms with Gasteiger partial charge < -0.3 is 34.4 Å². The van der Waals surface area contributed by atoms with E-state index in [-0.39, 0.29) is 49.3 Å². The number of cyclic esters (lactones) is 1. The van der Waals surface area contributed by atoms with Gasteiger partial charge in [-0.1, -0.05) is 88.2 Å². The Morgan fingerprint density at radius 1 is 0.980 bits per heavy atom. The molecule has 0 radical (unpaired) electrons. The monoisotopic (exact) mass is 707 g/mol. The van der Waals surface area contributed by atoms with E-state index in [2.05, 4.69) is 26.1 Å². The SMILES string of the molecule is COC[C@@H]1NC(=O)CC/C=C\CN(C(C)(C)CC(C)(C)C)C(=O)[C@H]2N(CCCCCCO)C(=O)[C@@H]3[C@@H](C(=O)O[C@H]1c1ccccc1)[C@H]1C=C[C@]32O1. The van der Waals surface area contributed by atoms with Crippen molar-refractivity contribution < 1.29 is 38.5 Å². The van der Waals surface area contributed by atoms with Crippen LogP contribution in [0.2, 0.25) is 0 Å². The van der Waals surface area contributed by atoms with Crippen molar-refractivity contribution in [1.29, 1.82) is 0 Å². The number of carbonyl (C=O) groups excluding carboxylic acids is 4. The third-order valence-electron chi connectivity index (χ3n) is 10.6. The van der Waals surface area contributed by atoms with Crippen LogP contribution in [0.1, 0.15) is 91.2 Å². The number of hydrogen-bond acceptors (Lipinski definition) is 8. The zero-order chi connectivity index (χ0) is 37.0. The number of rotatable bonds is 11. The van der Waals surface area contributed by atoms with Crippen molar-refractivity contribution in [3.63, 3.8) is 0 Å². The van der Waals surface area contributed by atoms with Gasteiger partial charge >= 0.3 is 5.97 Å². The molecule has 1 aromatic rings. The number of fused-ring (bicyclic) bond motifs is 2. The number of nitrogens with zero attached hydrogens (tertiary/aromatic N) is 2. The fourth-order valence-electron chi connectivity index (χ4n) is 8.79. The second-order valence-corrected chi connectivity index (χ2v) is 16.3. The van der Waals surface area contributed by atoms with E-state index in [9.17, 15) is 19.5 Å². The minimum absolute atomic E-state index is 0.0870. The normalized spacial score (nSPS) is 30.8. The van der Waals surface area contributed by atoms with E-state index in [0.717, 1.165) is 12.8 Å². The summed E-state index contributed by atoms with van der Waals surface area (Å²) in [5.41, 5.74) is -1.39. The van der Waals surface area contributed by atoms with Gasteiger partial charge in [0.1, 0.15) is 23.7 Å². The number of carbonyl (C=O) groups is 4. The largest absolute Gasteiger partial charge is 0.455 e. The Bertz CT molecular complexity index is 1470. The molecule has 1 aromatic carbocycles. The van der Waals surface area contributed by atoms with E-state index in [1.165, 1.54) is 7.11 Å². The van der Waals surface area contributed by atoms with Crippen LogP contribution in [0.5, 0.6) is 0 Å². The highest BCUT2D eigenvalue weighted by Gasteiger charge is 2.73. The van der Waals surface area contributed by atoms with Gasteiger partial charge in [0.05, 0.1) is 24.7 Å². The summed E-state index contributed by atoms with van der Waals surface area (Å²) in [7, 11) is 1.53. The molecule has 0 unspecified atom stereocenters. The van der Waals surface area contributed by atoms with Gasteiger partial charge in [0.2, 0.25) is 17.7 Å². The predicted molar refractivity (Wildman–Crippen MR) is 192 cm³/mol. The zero-order valence-corrected chi connectivity index (χ0v) is 31.1. The van der Waals surface area contributed by atoms with Crippen molar-refractivity contribution in [3.8, 4) is 0 Å². The van der Waals surface area contributed by atoms with Crippen LogP contribution in [0.3, 0.4) is 0 Å². The number of benzene rings is 1. The minimum Gasteiger partial charge on any atom is -0.455 e. The average Bonchev–Trinajstić information content (AvgIpc) is 3.70. The molecular weight excluding hydrogens is 650 g/mol. The molecule has 2 fully saturated rings. The highest BCUT2D eigenvalue weighted by molar-refractivity contribution is 5.99. The molecule has 0 saturated carbocycles. The molecule has 2 N–H and O–H groups in total. The highest BCUT2D eigenvalue weighted by atomic mass is 16.6. The number of hydrogen-bond donors (Lipinski definition) is 2. The summed E-state index contributed by atoms with van der Waals surface area (Å²) in [4.78, 5) is 61.1. The van der Waals surface area contributed by atoms with Crippen LogP contribution in [0.15, 0.2) is 54.6 Å². The number of likely N-dealkylation sites (tertiary alicyclic amines) is 1. The van der Waals surface area contributed by atoms with Crippen LogP contribution in [0.4, 0.5) is 0 Å². The average molecular weight is 708 g/mol. The third kappa shape index (κ3) is 8.26. The van der Waals surface area contributed by atoms with Crippen molar-refractivity contribution in [2.45, 2.75) is 115 Å². The summed E-state index contributed by atoms with van der Waals surface area (Å²) in [6.45, 7) is 11.3. The molecule has 1 spiro atoms. The molecule has 7 atom stereocenters. The molecule has 3 amide bonds. The molecule has 2 saturated heterocycles. The van der Waals surface area contributed by atoms with Gasteiger partial charge in [-0.05, 0) is 50.5 Å². The Labute approximate surface area is 302 Å². The van der Waals surface area contributed by atoms with Gasteiger partial charge in [-0.3, -0.25) is 19.2 Å². The summed E-state index contributed by atoms with van der Waals surface area (Å²) in [5, 5.41) is 12.4. The second kappa shape index (κ2) is 16.0. The maximum Gasteiger partial charge on any atom is 0.313 e. The first-order chi connectivity index (χ1) is 24.2. The number of nitrogens with one attached hydrogen (secondary N) is 1. The molecule has 11 heteroatoms. The Morgan fingerprint density at radius 2 is 1.71 bits per heavy atom. The van der Waals surface area contributed by atoms with Crippen molar-refractivity contribution in [2.75, 3.05) is 33.4 Å². The second-order valence-electron chi connectivity index (χ2n) is 16.3. The van der Waals surface area contributed by atoms with Gasteiger partial charge in [-0.25, -0.2) is 0 Å². The Morgan fingerprint density at radius 3 is 2.39 bits per heavy atom. The molecular formula is C40H57N3O8. The van der Waals surface area contributed by atoms with Crippen molar-refractivity contribution in [1.82, 2.24) is 15.1 Å². The van der Waals surface area contributed by atoms with Crippen molar-refractivity contribution in [2.24, 2.45) is 17.3 Å². The van der Waals surface area contributed by atoms with E-state index >= 15 is 4.79 Å². The van der Waals surface area contributed by atoms with Crippen LogP contribution in [0, 0.1) is 17.3 Å². The first-order valence-electron chi connectivity index (χ1n) is 18.5. The Balaban J connectivity index is 1.60. The maximum atomic E-state index is 15.2. The van der Waals surface area contributed by atoms with Crippen LogP contribution in [-0.2, 0) is 33.4 Å². The van der Waals surface area contributed by atoms with Crippen molar-refractivity contribution in [3.05, 3.63) is 60.2 Å². The van der Waals surface area contributed by atoms with E-state index in [0.29, 0.717) is 37.8 Å². The summed E-state index contributed by atoms with van der Waals surface area (Å²) in [6, 6.07) is 7.51. The highest BCUT2D eigenvalue weighted by Crippen LogP contribution is 2.56. The molecule has 11 nitrogen and oxygen atoms in total. The lowest BCUT2D eigenvalue weighted by Gasteiger charge is -2.45. The number of aliphatic hydroxyl groups excluding tert-OH is 1. The van der Waals surface area contributed by atoms with Gasteiger partial charge in [0.15, 0.2) is 0 Å². The summed E-state index contributed by atoms with van der Waals surface area (Å²) in [6.07, 6.45) is 10.0. The number of ether oxygens (including phenoxy) is 3. The summed E-state index contributed by atoms with van der Waals surface area (Å²) >= 11 is 0. The number of methoxy groups -OCH3 is 1.